The van der Waals surface area contributed by atoms with Gasteiger partial charge in [-0.3, -0.25) is 0 Å². The van der Waals surface area contributed by atoms with Crippen molar-refractivity contribution in [2.75, 3.05) is 6.61 Å². The average Bonchev–Trinajstić information content (AvgIpc) is 2.49. The second kappa shape index (κ2) is 7.92. The van der Waals surface area contributed by atoms with Crippen LogP contribution in [-0.4, -0.2) is 6.61 Å². The van der Waals surface area contributed by atoms with Crippen LogP contribution in [0.25, 0.3) is 0 Å². The van der Waals surface area contributed by atoms with E-state index in [1.807, 2.05) is 25.1 Å². The van der Waals surface area contributed by atoms with E-state index in [-0.39, 0.29) is 0 Å². The molecule has 0 saturated carbocycles. The molecule has 0 N–H and O–H groups in total. The standard InChI is InChI=1S/C16H15BrCl2O2/c1-2-20-15-5-3-4-11(9-17)16(15)21-10-12-8-13(18)6-7-14(12)19/h3-8H,2,9-10H2,1H3. The number of hydrogen-bond donors (Lipinski definition) is 0. The molecule has 112 valence electrons. The highest BCUT2D eigenvalue weighted by Crippen LogP contribution is 2.34. The molecule has 0 aliphatic rings. The van der Waals surface area contributed by atoms with E-state index in [0.29, 0.717) is 28.6 Å². The summed E-state index contributed by atoms with van der Waals surface area (Å²) in [7, 11) is 0. The molecular formula is C16H15BrCl2O2. The zero-order valence-electron chi connectivity index (χ0n) is 11.5. The second-order valence-electron chi connectivity index (χ2n) is 4.34. The Balaban J connectivity index is 2.24. The van der Waals surface area contributed by atoms with Gasteiger partial charge < -0.3 is 9.47 Å². The van der Waals surface area contributed by atoms with Gasteiger partial charge >= 0.3 is 0 Å². The quantitative estimate of drug-likeness (QED) is 0.575. The molecule has 2 nitrogen and oxygen atoms in total. The van der Waals surface area contributed by atoms with Gasteiger partial charge in [0.15, 0.2) is 11.5 Å². The van der Waals surface area contributed by atoms with Gasteiger partial charge in [0.2, 0.25) is 0 Å². The van der Waals surface area contributed by atoms with E-state index in [9.17, 15) is 0 Å². The molecule has 0 spiro atoms. The van der Waals surface area contributed by atoms with Crippen LogP contribution in [0.3, 0.4) is 0 Å². The first-order valence-corrected chi connectivity index (χ1v) is 8.40. The van der Waals surface area contributed by atoms with Crippen LogP contribution in [0.2, 0.25) is 10.0 Å². The van der Waals surface area contributed by atoms with Crippen LogP contribution in [0.5, 0.6) is 11.5 Å². The van der Waals surface area contributed by atoms with Crippen LogP contribution in [-0.2, 0) is 11.9 Å². The summed E-state index contributed by atoms with van der Waals surface area (Å²) in [6, 6.07) is 11.2. The van der Waals surface area contributed by atoms with E-state index in [0.717, 1.165) is 22.6 Å². The molecule has 2 aromatic rings. The summed E-state index contributed by atoms with van der Waals surface area (Å²) in [6.45, 7) is 2.86. The van der Waals surface area contributed by atoms with E-state index in [4.69, 9.17) is 32.7 Å². The summed E-state index contributed by atoms with van der Waals surface area (Å²) < 4.78 is 11.6. The molecule has 0 radical (unpaired) electrons. The molecule has 2 aromatic carbocycles. The Morgan fingerprint density at radius 2 is 1.86 bits per heavy atom. The molecule has 0 amide bonds. The predicted molar refractivity (Wildman–Crippen MR) is 91.0 cm³/mol. The molecule has 0 saturated heterocycles. The topological polar surface area (TPSA) is 18.5 Å². The first-order chi connectivity index (χ1) is 10.2. The Morgan fingerprint density at radius 1 is 1.05 bits per heavy atom. The van der Waals surface area contributed by atoms with E-state index in [1.165, 1.54) is 0 Å². The van der Waals surface area contributed by atoms with Crippen molar-refractivity contribution in [2.45, 2.75) is 18.9 Å². The van der Waals surface area contributed by atoms with Gasteiger partial charge in [-0.15, -0.1) is 0 Å². The molecule has 21 heavy (non-hydrogen) atoms. The maximum Gasteiger partial charge on any atom is 0.165 e. The summed E-state index contributed by atoms with van der Waals surface area (Å²) in [4.78, 5) is 0. The van der Waals surface area contributed by atoms with Crippen molar-refractivity contribution < 1.29 is 9.47 Å². The van der Waals surface area contributed by atoms with Crippen molar-refractivity contribution in [3.63, 3.8) is 0 Å². The molecule has 0 heterocycles. The lowest BCUT2D eigenvalue weighted by Gasteiger charge is -2.15. The molecule has 0 fully saturated rings. The molecule has 0 aromatic heterocycles. The third-order valence-corrected chi connectivity index (χ3v) is 4.09. The Kier molecular flexibility index (Phi) is 6.22. The SMILES string of the molecule is CCOc1cccc(CBr)c1OCc1cc(Cl)ccc1Cl. The summed E-state index contributed by atoms with van der Waals surface area (Å²) in [5.41, 5.74) is 1.87. The van der Waals surface area contributed by atoms with Crippen molar-refractivity contribution in [1.82, 2.24) is 0 Å². The van der Waals surface area contributed by atoms with Crippen molar-refractivity contribution in [3.8, 4) is 11.5 Å². The van der Waals surface area contributed by atoms with Crippen LogP contribution in [0.1, 0.15) is 18.1 Å². The van der Waals surface area contributed by atoms with Gasteiger partial charge in [0, 0.05) is 26.5 Å². The van der Waals surface area contributed by atoms with Gasteiger partial charge in [-0.2, -0.15) is 0 Å². The Morgan fingerprint density at radius 3 is 2.57 bits per heavy atom. The van der Waals surface area contributed by atoms with Crippen molar-refractivity contribution in [2.24, 2.45) is 0 Å². The fourth-order valence-electron chi connectivity index (χ4n) is 1.90. The summed E-state index contributed by atoms with van der Waals surface area (Å²) in [5.74, 6) is 1.46. The van der Waals surface area contributed by atoms with Gasteiger partial charge in [0.25, 0.3) is 0 Å². The summed E-state index contributed by atoms with van der Waals surface area (Å²) in [6.07, 6.45) is 0. The van der Waals surface area contributed by atoms with Crippen molar-refractivity contribution in [1.29, 1.82) is 0 Å². The molecular weight excluding hydrogens is 375 g/mol. The minimum absolute atomic E-state index is 0.337. The van der Waals surface area contributed by atoms with E-state index in [2.05, 4.69) is 15.9 Å². The smallest absolute Gasteiger partial charge is 0.165 e. The normalized spacial score (nSPS) is 10.5. The third kappa shape index (κ3) is 4.29. The number of para-hydroxylation sites is 1. The lowest BCUT2D eigenvalue weighted by atomic mass is 10.2. The highest BCUT2D eigenvalue weighted by molar-refractivity contribution is 9.08. The van der Waals surface area contributed by atoms with Crippen molar-refractivity contribution >= 4 is 39.1 Å². The number of ether oxygens (including phenoxy) is 2. The van der Waals surface area contributed by atoms with Crippen LogP contribution in [0.15, 0.2) is 36.4 Å². The van der Waals surface area contributed by atoms with Gasteiger partial charge in [-0.1, -0.05) is 51.3 Å². The maximum atomic E-state index is 6.16. The summed E-state index contributed by atoms with van der Waals surface area (Å²) in [5, 5.41) is 1.96. The molecule has 0 bridgehead atoms. The minimum Gasteiger partial charge on any atom is -0.490 e. The lowest BCUT2D eigenvalue weighted by Crippen LogP contribution is -2.02. The van der Waals surface area contributed by atoms with Gasteiger partial charge in [-0.25, -0.2) is 0 Å². The second-order valence-corrected chi connectivity index (χ2v) is 5.74. The number of halogens is 3. The highest BCUT2D eigenvalue weighted by atomic mass is 79.9. The number of benzene rings is 2. The van der Waals surface area contributed by atoms with Crippen molar-refractivity contribution in [3.05, 3.63) is 57.6 Å². The van der Waals surface area contributed by atoms with Crippen LogP contribution < -0.4 is 9.47 Å². The zero-order chi connectivity index (χ0) is 15.2. The number of alkyl halides is 1. The van der Waals surface area contributed by atoms with Gasteiger partial charge in [0.1, 0.15) is 6.61 Å². The highest BCUT2D eigenvalue weighted by Gasteiger charge is 2.11. The fourth-order valence-corrected chi connectivity index (χ4v) is 2.71. The number of hydrogen-bond acceptors (Lipinski definition) is 2. The first-order valence-electron chi connectivity index (χ1n) is 6.53. The molecule has 2 rings (SSSR count). The van der Waals surface area contributed by atoms with Crippen LogP contribution >= 0.6 is 39.1 Å². The average molecular weight is 390 g/mol. The first kappa shape index (κ1) is 16.5. The number of rotatable bonds is 6. The summed E-state index contributed by atoms with van der Waals surface area (Å²) >= 11 is 15.6. The molecule has 0 unspecified atom stereocenters. The molecule has 5 heteroatoms. The zero-order valence-corrected chi connectivity index (χ0v) is 14.6. The van der Waals surface area contributed by atoms with E-state index in [1.54, 1.807) is 18.2 Å². The Hall–Kier alpha value is -0.900. The Bertz CT molecular complexity index is 617. The lowest BCUT2D eigenvalue weighted by molar-refractivity contribution is 0.267. The monoisotopic (exact) mass is 388 g/mol. The van der Waals surface area contributed by atoms with Crippen LogP contribution in [0, 0.1) is 0 Å². The molecule has 0 aliphatic carbocycles. The minimum atomic E-state index is 0.337. The molecule has 0 atom stereocenters. The largest absolute Gasteiger partial charge is 0.490 e. The Labute approximate surface area is 143 Å². The molecule has 0 aliphatic heterocycles. The van der Waals surface area contributed by atoms with E-state index >= 15 is 0 Å². The van der Waals surface area contributed by atoms with E-state index < -0.39 is 0 Å². The predicted octanol–water partition coefficient (Wildman–Crippen LogP) is 5.87. The van der Waals surface area contributed by atoms with Crippen LogP contribution in [0.4, 0.5) is 0 Å². The van der Waals surface area contributed by atoms with Gasteiger partial charge in [-0.05, 0) is 31.2 Å². The van der Waals surface area contributed by atoms with Gasteiger partial charge in [0.05, 0.1) is 6.61 Å². The fraction of sp³-hybridized carbons (Fsp3) is 0.250. The third-order valence-electron chi connectivity index (χ3n) is 2.88. The maximum absolute atomic E-state index is 6.16.